The first-order valence-electron chi connectivity index (χ1n) is 7.97. The van der Waals surface area contributed by atoms with Crippen LogP contribution in [0.1, 0.15) is 12.0 Å². The van der Waals surface area contributed by atoms with Crippen molar-refractivity contribution in [1.82, 2.24) is 23.7 Å². The molecule has 0 aliphatic heterocycles. The second kappa shape index (κ2) is 7.22. The first-order chi connectivity index (χ1) is 12.7. The summed E-state index contributed by atoms with van der Waals surface area (Å²) in [4.78, 5) is 32.7. The topological polar surface area (TPSA) is 74.7 Å². The second-order valence-electron chi connectivity index (χ2n) is 5.91. The van der Waals surface area contributed by atoms with Crippen LogP contribution in [0.3, 0.4) is 0 Å². The molecular formula is C16H16F3N5O2S. The number of imidazole rings is 1. The van der Waals surface area contributed by atoms with Crippen molar-refractivity contribution in [2.75, 3.05) is 5.75 Å². The monoisotopic (exact) mass is 399 g/mol. The standard InChI is InChI=1S/C16H16F3N5O2S/c1-22-9-21-13-12(22)14(25)24(15(26)23(13)2)6-3-7-27-11-5-4-10(8-20-11)16(17,18)19/h4-5,8-9H,3,6-7H2,1-2H3. The molecule has 0 spiro atoms. The lowest BCUT2D eigenvalue weighted by Gasteiger charge is -2.09. The maximum atomic E-state index is 12.5. The fourth-order valence-corrected chi connectivity index (χ4v) is 3.40. The van der Waals surface area contributed by atoms with Crippen LogP contribution in [-0.2, 0) is 26.8 Å². The number of alkyl halides is 3. The molecule has 3 rings (SSSR count). The Labute approximate surface area is 155 Å². The fraction of sp³-hybridized carbons (Fsp3) is 0.375. The number of halogens is 3. The molecule has 144 valence electrons. The highest BCUT2D eigenvalue weighted by atomic mass is 32.2. The van der Waals surface area contributed by atoms with Crippen LogP contribution >= 0.6 is 11.8 Å². The summed E-state index contributed by atoms with van der Waals surface area (Å²) in [6.45, 7) is 0.195. The number of aromatic nitrogens is 5. The van der Waals surface area contributed by atoms with Gasteiger partial charge in [-0.05, 0) is 18.6 Å². The molecule has 0 saturated carbocycles. The van der Waals surface area contributed by atoms with E-state index < -0.39 is 23.0 Å². The smallest absolute Gasteiger partial charge is 0.328 e. The van der Waals surface area contributed by atoms with E-state index in [9.17, 15) is 22.8 Å². The van der Waals surface area contributed by atoms with Gasteiger partial charge in [-0.2, -0.15) is 13.2 Å². The van der Waals surface area contributed by atoms with Gasteiger partial charge in [-0.25, -0.2) is 14.8 Å². The molecule has 3 heterocycles. The Balaban J connectivity index is 1.69. The van der Waals surface area contributed by atoms with Gasteiger partial charge in [0.25, 0.3) is 5.56 Å². The van der Waals surface area contributed by atoms with E-state index in [0.717, 1.165) is 16.8 Å². The van der Waals surface area contributed by atoms with Gasteiger partial charge < -0.3 is 4.57 Å². The molecule has 0 amide bonds. The predicted octanol–water partition coefficient (Wildman–Crippen LogP) is 2.03. The van der Waals surface area contributed by atoms with Gasteiger partial charge in [-0.3, -0.25) is 13.9 Å². The zero-order chi connectivity index (χ0) is 19.8. The van der Waals surface area contributed by atoms with E-state index in [-0.39, 0.29) is 6.54 Å². The van der Waals surface area contributed by atoms with Crippen LogP contribution in [0.15, 0.2) is 39.3 Å². The molecule has 0 fully saturated rings. The van der Waals surface area contributed by atoms with E-state index in [1.165, 1.54) is 28.7 Å². The third-order valence-electron chi connectivity index (χ3n) is 4.04. The lowest BCUT2D eigenvalue weighted by atomic mass is 10.3. The van der Waals surface area contributed by atoms with Crippen molar-refractivity contribution >= 4 is 22.9 Å². The van der Waals surface area contributed by atoms with Gasteiger partial charge in [0.15, 0.2) is 11.2 Å². The molecule has 0 aromatic carbocycles. The van der Waals surface area contributed by atoms with E-state index in [2.05, 4.69) is 9.97 Å². The minimum absolute atomic E-state index is 0.195. The number of rotatable bonds is 5. The lowest BCUT2D eigenvalue weighted by Crippen LogP contribution is -2.39. The molecule has 0 radical (unpaired) electrons. The van der Waals surface area contributed by atoms with Gasteiger partial charge in [0, 0.05) is 32.6 Å². The van der Waals surface area contributed by atoms with Crippen LogP contribution in [0, 0.1) is 0 Å². The number of nitrogens with zero attached hydrogens (tertiary/aromatic N) is 5. The quantitative estimate of drug-likeness (QED) is 0.485. The van der Waals surface area contributed by atoms with Crippen molar-refractivity contribution < 1.29 is 13.2 Å². The van der Waals surface area contributed by atoms with Gasteiger partial charge in [-0.15, -0.1) is 11.8 Å². The molecular weight excluding hydrogens is 383 g/mol. The highest BCUT2D eigenvalue weighted by Crippen LogP contribution is 2.29. The average molecular weight is 399 g/mol. The highest BCUT2D eigenvalue weighted by Gasteiger charge is 2.30. The molecule has 0 atom stereocenters. The Bertz CT molecular complexity index is 1080. The SMILES string of the molecule is Cn1cnc2c1c(=O)n(CCCSc1ccc(C(F)(F)F)cn1)c(=O)n2C. The maximum Gasteiger partial charge on any atom is 0.417 e. The largest absolute Gasteiger partial charge is 0.417 e. The number of pyridine rings is 1. The van der Waals surface area contributed by atoms with Crippen LogP contribution in [0.25, 0.3) is 11.2 Å². The normalized spacial score (nSPS) is 12.0. The van der Waals surface area contributed by atoms with Crippen molar-refractivity contribution in [1.29, 1.82) is 0 Å². The van der Waals surface area contributed by atoms with Crippen molar-refractivity contribution in [2.45, 2.75) is 24.2 Å². The van der Waals surface area contributed by atoms with E-state index >= 15 is 0 Å². The third-order valence-corrected chi connectivity index (χ3v) is 5.07. The Hall–Kier alpha value is -2.56. The molecule has 0 aliphatic rings. The number of hydrogen-bond donors (Lipinski definition) is 0. The van der Waals surface area contributed by atoms with E-state index in [0.29, 0.717) is 28.4 Å². The number of fused-ring (bicyclic) bond motifs is 1. The summed E-state index contributed by atoms with van der Waals surface area (Å²) in [7, 11) is 3.23. The van der Waals surface area contributed by atoms with Crippen molar-refractivity contribution in [3.05, 3.63) is 51.1 Å². The molecule has 0 saturated heterocycles. The second-order valence-corrected chi connectivity index (χ2v) is 7.03. The molecule has 11 heteroatoms. The van der Waals surface area contributed by atoms with Crippen LogP contribution in [0.4, 0.5) is 13.2 Å². The molecule has 0 aliphatic carbocycles. The van der Waals surface area contributed by atoms with Gasteiger partial charge in [0.2, 0.25) is 0 Å². The molecule has 27 heavy (non-hydrogen) atoms. The summed E-state index contributed by atoms with van der Waals surface area (Å²) in [6, 6.07) is 2.28. The summed E-state index contributed by atoms with van der Waals surface area (Å²) < 4.78 is 41.6. The lowest BCUT2D eigenvalue weighted by molar-refractivity contribution is -0.137. The van der Waals surface area contributed by atoms with Gasteiger partial charge in [0.05, 0.1) is 16.9 Å². The molecule has 3 aromatic heterocycles. The molecule has 0 bridgehead atoms. The summed E-state index contributed by atoms with van der Waals surface area (Å²) in [6.07, 6.45) is -1.67. The van der Waals surface area contributed by atoms with Crippen molar-refractivity contribution in [2.24, 2.45) is 14.1 Å². The number of thioether (sulfide) groups is 1. The molecule has 3 aromatic rings. The van der Waals surface area contributed by atoms with Crippen LogP contribution in [0.2, 0.25) is 0 Å². The van der Waals surface area contributed by atoms with Gasteiger partial charge in [0.1, 0.15) is 0 Å². The fourth-order valence-electron chi connectivity index (χ4n) is 2.63. The maximum absolute atomic E-state index is 12.5. The van der Waals surface area contributed by atoms with Crippen LogP contribution < -0.4 is 11.2 Å². The van der Waals surface area contributed by atoms with Gasteiger partial charge in [-0.1, -0.05) is 0 Å². The van der Waals surface area contributed by atoms with Crippen molar-refractivity contribution in [3.8, 4) is 0 Å². The first kappa shape index (κ1) is 19.2. The van der Waals surface area contributed by atoms with Crippen LogP contribution in [-0.4, -0.2) is 29.4 Å². The third kappa shape index (κ3) is 3.77. The molecule has 0 unspecified atom stereocenters. The number of hydrogen-bond acceptors (Lipinski definition) is 5. The molecule has 0 N–H and O–H groups in total. The van der Waals surface area contributed by atoms with Crippen LogP contribution in [0.5, 0.6) is 0 Å². The average Bonchev–Trinajstić information content (AvgIpc) is 3.01. The van der Waals surface area contributed by atoms with E-state index in [1.807, 2.05) is 0 Å². The zero-order valence-electron chi connectivity index (χ0n) is 14.5. The van der Waals surface area contributed by atoms with Gasteiger partial charge >= 0.3 is 11.9 Å². The highest BCUT2D eigenvalue weighted by molar-refractivity contribution is 7.99. The number of aryl methyl sites for hydroxylation is 2. The summed E-state index contributed by atoms with van der Waals surface area (Å²) in [5, 5.41) is 0.449. The summed E-state index contributed by atoms with van der Waals surface area (Å²) >= 11 is 1.26. The summed E-state index contributed by atoms with van der Waals surface area (Å²) in [5.41, 5.74) is -0.998. The Kier molecular flexibility index (Phi) is 5.13. The van der Waals surface area contributed by atoms with E-state index in [4.69, 9.17) is 0 Å². The Morgan fingerprint density at radius 3 is 2.52 bits per heavy atom. The first-order valence-corrected chi connectivity index (χ1v) is 8.95. The predicted molar refractivity (Wildman–Crippen MR) is 94.8 cm³/mol. The molecule has 7 nitrogen and oxygen atoms in total. The Morgan fingerprint density at radius 1 is 1.15 bits per heavy atom. The van der Waals surface area contributed by atoms with Crippen molar-refractivity contribution in [3.63, 3.8) is 0 Å². The minimum atomic E-state index is -4.41. The zero-order valence-corrected chi connectivity index (χ0v) is 15.3. The Morgan fingerprint density at radius 2 is 1.89 bits per heavy atom. The summed E-state index contributed by atoms with van der Waals surface area (Å²) in [5.74, 6) is 0.497. The minimum Gasteiger partial charge on any atom is -0.328 e. The van der Waals surface area contributed by atoms with E-state index in [1.54, 1.807) is 18.7 Å².